The van der Waals surface area contributed by atoms with Crippen LogP contribution in [0.2, 0.25) is 0 Å². The van der Waals surface area contributed by atoms with Crippen molar-refractivity contribution < 1.29 is 18.3 Å². The van der Waals surface area contributed by atoms with Crippen molar-refractivity contribution >= 4 is 5.97 Å². The second kappa shape index (κ2) is 3.82. The number of ether oxygens (including phenoxy) is 1. The standard InChI is InChI=1S/C11H15F2N3O2/c1-5-6(2)11(12,13)4-10(15-16-14)8(5)7(3)18-9(10)17/h5-8H,4H2,1-3H3/t5-,6-,7+,8+,10?/m0/s1. The molecule has 2 aliphatic rings. The summed E-state index contributed by atoms with van der Waals surface area (Å²) in [6.45, 7) is 4.77. The first kappa shape index (κ1) is 13.1. The van der Waals surface area contributed by atoms with E-state index in [1.165, 1.54) is 6.92 Å². The maximum atomic E-state index is 14.0. The van der Waals surface area contributed by atoms with Crippen LogP contribution in [0, 0.1) is 17.8 Å². The first-order valence-corrected chi connectivity index (χ1v) is 5.91. The van der Waals surface area contributed by atoms with Crippen LogP contribution in [-0.2, 0) is 9.53 Å². The predicted molar refractivity (Wildman–Crippen MR) is 58.8 cm³/mol. The third kappa shape index (κ3) is 1.50. The Morgan fingerprint density at radius 2 is 2.06 bits per heavy atom. The molecule has 0 spiro atoms. The van der Waals surface area contributed by atoms with Crippen LogP contribution in [0.1, 0.15) is 27.2 Å². The summed E-state index contributed by atoms with van der Waals surface area (Å²) in [5.41, 5.74) is 6.85. The predicted octanol–water partition coefficient (Wildman–Crippen LogP) is 2.91. The Hall–Kier alpha value is -1.36. The fourth-order valence-corrected chi connectivity index (χ4v) is 3.36. The maximum Gasteiger partial charge on any atom is 0.319 e. The first-order chi connectivity index (χ1) is 8.26. The van der Waals surface area contributed by atoms with Crippen LogP contribution in [-0.4, -0.2) is 23.5 Å². The molecule has 0 bridgehead atoms. The van der Waals surface area contributed by atoms with Crippen LogP contribution in [0.15, 0.2) is 5.11 Å². The molecule has 0 aromatic rings. The highest BCUT2D eigenvalue weighted by Gasteiger charge is 2.67. The molecule has 5 nitrogen and oxygen atoms in total. The van der Waals surface area contributed by atoms with E-state index in [-0.39, 0.29) is 0 Å². The molecule has 1 unspecified atom stereocenters. The normalized spacial score (nSPS) is 45.9. The van der Waals surface area contributed by atoms with Gasteiger partial charge < -0.3 is 4.74 Å². The van der Waals surface area contributed by atoms with Crippen LogP contribution in [0.25, 0.3) is 10.4 Å². The van der Waals surface area contributed by atoms with Gasteiger partial charge in [-0.3, -0.25) is 4.79 Å². The molecule has 7 heteroatoms. The van der Waals surface area contributed by atoms with E-state index in [1.807, 2.05) is 0 Å². The quantitative estimate of drug-likeness (QED) is 0.314. The summed E-state index contributed by atoms with van der Waals surface area (Å²) in [6.07, 6.45) is -1.26. The summed E-state index contributed by atoms with van der Waals surface area (Å²) in [5, 5.41) is 3.42. The van der Waals surface area contributed by atoms with Crippen molar-refractivity contribution in [3.63, 3.8) is 0 Å². The first-order valence-electron chi connectivity index (χ1n) is 5.91. The highest BCUT2D eigenvalue weighted by Crippen LogP contribution is 2.55. The second-order valence-electron chi connectivity index (χ2n) is 5.34. The van der Waals surface area contributed by atoms with Crippen molar-refractivity contribution in [2.24, 2.45) is 22.9 Å². The minimum atomic E-state index is -3.03. The van der Waals surface area contributed by atoms with Crippen molar-refractivity contribution in [3.8, 4) is 0 Å². The molecule has 2 rings (SSSR count). The number of alkyl halides is 2. The lowest BCUT2D eigenvalue weighted by Crippen LogP contribution is -2.56. The Morgan fingerprint density at radius 3 is 2.61 bits per heavy atom. The molecule has 0 amide bonds. The number of rotatable bonds is 1. The van der Waals surface area contributed by atoms with Crippen molar-refractivity contribution in [1.82, 2.24) is 0 Å². The van der Waals surface area contributed by atoms with E-state index < -0.39 is 47.7 Å². The Balaban J connectivity index is 2.55. The summed E-state index contributed by atoms with van der Waals surface area (Å²) >= 11 is 0. The summed E-state index contributed by atoms with van der Waals surface area (Å²) in [6, 6.07) is 0. The van der Waals surface area contributed by atoms with E-state index in [2.05, 4.69) is 10.0 Å². The highest BCUT2D eigenvalue weighted by molar-refractivity contribution is 5.84. The van der Waals surface area contributed by atoms with E-state index in [1.54, 1.807) is 13.8 Å². The number of halogens is 2. The van der Waals surface area contributed by atoms with Crippen molar-refractivity contribution in [3.05, 3.63) is 10.4 Å². The Bertz CT molecular complexity index is 436. The van der Waals surface area contributed by atoms with Gasteiger partial charge in [0, 0.05) is 23.2 Å². The Kier molecular flexibility index (Phi) is 2.77. The Morgan fingerprint density at radius 1 is 1.44 bits per heavy atom. The molecule has 0 aromatic heterocycles. The molecule has 100 valence electrons. The molecule has 1 saturated carbocycles. The van der Waals surface area contributed by atoms with E-state index in [4.69, 9.17) is 10.3 Å². The molecule has 0 aromatic carbocycles. The number of esters is 1. The van der Waals surface area contributed by atoms with Crippen molar-refractivity contribution in [2.75, 3.05) is 0 Å². The SMILES string of the molecule is C[C@@H]1[C@@H]2[C@@H](C)OC(=O)C2(N=[N+]=[N-])CC(F)(F)[C@H]1C. The number of hydrogen-bond acceptors (Lipinski definition) is 3. The molecule has 0 radical (unpaired) electrons. The smallest absolute Gasteiger partial charge is 0.319 e. The van der Waals surface area contributed by atoms with Crippen LogP contribution in [0.5, 0.6) is 0 Å². The lowest BCUT2D eigenvalue weighted by atomic mass is 9.61. The zero-order valence-electron chi connectivity index (χ0n) is 10.4. The van der Waals surface area contributed by atoms with Gasteiger partial charge in [-0.2, -0.15) is 0 Å². The zero-order valence-corrected chi connectivity index (χ0v) is 10.4. The molecule has 1 heterocycles. The minimum Gasteiger partial charge on any atom is -0.462 e. The van der Waals surface area contributed by atoms with Gasteiger partial charge in [-0.05, 0) is 18.4 Å². The molecule has 5 atom stereocenters. The number of fused-ring (bicyclic) bond motifs is 1. The molecular formula is C11H15F2N3O2. The topological polar surface area (TPSA) is 75.1 Å². The largest absolute Gasteiger partial charge is 0.462 e. The van der Waals surface area contributed by atoms with Crippen LogP contribution < -0.4 is 0 Å². The second-order valence-corrected chi connectivity index (χ2v) is 5.34. The Labute approximate surface area is 103 Å². The number of carbonyl (C=O) groups excluding carboxylic acids is 1. The molecule has 1 aliphatic heterocycles. The fourth-order valence-electron chi connectivity index (χ4n) is 3.36. The van der Waals surface area contributed by atoms with E-state index >= 15 is 0 Å². The minimum absolute atomic E-state index is 0.458. The molecular weight excluding hydrogens is 244 g/mol. The monoisotopic (exact) mass is 259 g/mol. The van der Waals surface area contributed by atoms with E-state index in [0.717, 1.165) is 0 Å². The highest BCUT2D eigenvalue weighted by atomic mass is 19.3. The summed E-state index contributed by atoms with van der Waals surface area (Å²) in [5.74, 6) is -5.68. The molecule has 2 fully saturated rings. The van der Waals surface area contributed by atoms with Gasteiger partial charge in [0.2, 0.25) is 0 Å². The number of cyclic esters (lactones) is 1. The van der Waals surface area contributed by atoms with Gasteiger partial charge in [-0.1, -0.05) is 19.0 Å². The van der Waals surface area contributed by atoms with Gasteiger partial charge in [0.1, 0.15) is 6.10 Å². The summed E-state index contributed by atoms with van der Waals surface area (Å²) in [4.78, 5) is 14.4. The number of hydrogen-bond donors (Lipinski definition) is 0. The van der Waals surface area contributed by atoms with Gasteiger partial charge in [-0.15, -0.1) is 0 Å². The third-order valence-corrected chi connectivity index (χ3v) is 4.45. The third-order valence-electron chi connectivity index (χ3n) is 4.45. The van der Waals surface area contributed by atoms with Gasteiger partial charge in [-0.25, -0.2) is 8.78 Å². The number of nitrogens with zero attached hydrogens (tertiary/aromatic N) is 3. The van der Waals surface area contributed by atoms with Gasteiger partial charge >= 0.3 is 5.97 Å². The zero-order chi connectivity index (χ0) is 13.7. The molecule has 1 aliphatic carbocycles. The van der Waals surface area contributed by atoms with E-state index in [9.17, 15) is 13.6 Å². The van der Waals surface area contributed by atoms with Crippen molar-refractivity contribution in [2.45, 2.75) is 44.8 Å². The van der Waals surface area contributed by atoms with Crippen LogP contribution in [0.3, 0.4) is 0 Å². The van der Waals surface area contributed by atoms with Crippen LogP contribution in [0.4, 0.5) is 8.78 Å². The maximum absolute atomic E-state index is 14.0. The molecule has 18 heavy (non-hydrogen) atoms. The number of azide groups is 1. The lowest BCUT2D eigenvalue weighted by Gasteiger charge is -2.45. The van der Waals surface area contributed by atoms with Gasteiger partial charge in [0.15, 0.2) is 5.54 Å². The van der Waals surface area contributed by atoms with Crippen molar-refractivity contribution in [1.29, 1.82) is 0 Å². The van der Waals surface area contributed by atoms with Gasteiger partial charge in [0.25, 0.3) is 5.92 Å². The average Bonchev–Trinajstić information content (AvgIpc) is 2.47. The van der Waals surface area contributed by atoms with E-state index in [0.29, 0.717) is 0 Å². The molecule has 1 saturated heterocycles. The van der Waals surface area contributed by atoms with Crippen LogP contribution >= 0.6 is 0 Å². The summed E-state index contributed by atoms with van der Waals surface area (Å²) in [7, 11) is 0. The van der Waals surface area contributed by atoms with Gasteiger partial charge in [0.05, 0.1) is 0 Å². The number of carbonyl (C=O) groups is 1. The summed E-state index contributed by atoms with van der Waals surface area (Å²) < 4.78 is 33.0. The lowest BCUT2D eigenvalue weighted by molar-refractivity contribution is -0.157. The molecule has 0 N–H and O–H groups in total. The average molecular weight is 259 g/mol. The fraction of sp³-hybridized carbons (Fsp3) is 0.909.